The van der Waals surface area contributed by atoms with Gasteiger partial charge in [-0.25, -0.2) is 0 Å². The zero-order valence-corrected chi connectivity index (χ0v) is 13.8. The molecule has 6 heteroatoms. The average molecular weight is 302 g/mol. The second-order valence-electron chi connectivity index (χ2n) is 5.88. The van der Waals surface area contributed by atoms with Crippen LogP contribution in [-0.4, -0.2) is 56.4 Å². The number of unbranched alkanes of at least 4 members (excludes halogenated alkanes) is 1. The largest absolute Gasteiger partial charge is 0.395 e. The zero-order valence-electron chi connectivity index (χ0n) is 13.8. The number of carbonyl (C=O) groups is 1. The van der Waals surface area contributed by atoms with Crippen LogP contribution in [0, 0.1) is 5.92 Å². The lowest BCUT2D eigenvalue weighted by Crippen LogP contribution is -2.49. The molecule has 0 bridgehead atoms. The summed E-state index contributed by atoms with van der Waals surface area (Å²) in [5.74, 6) is 0.573. The normalized spacial score (nSPS) is 14.2. The molecule has 0 aromatic carbocycles. The third-order valence-corrected chi connectivity index (χ3v) is 3.45. The second kappa shape index (κ2) is 13.0. The third-order valence-electron chi connectivity index (χ3n) is 3.45. The summed E-state index contributed by atoms with van der Waals surface area (Å²) in [6.07, 6.45) is 3.69. The predicted octanol–water partition coefficient (Wildman–Crippen LogP) is -0.184. The molecule has 6 N–H and O–H groups in total. The molecule has 0 aromatic heterocycles. The summed E-state index contributed by atoms with van der Waals surface area (Å²) in [5.41, 5.74) is 5.51. The van der Waals surface area contributed by atoms with Gasteiger partial charge in [-0.1, -0.05) is 20.3 Å². The highest BCUT2D eigenvalue weighted by Gasteiger charge is 2.19. The van der Waals surface area contributed by atoms with Gasteiger partial charge in [-0.3, -0.25) is 4.79 Å². The minimum atomic E-state index is -0.217. The first-order valence-corrected chi connectivity index (χ1v) is 8.04. The van der Waals surface area contributed by atoms with E-state index in [1.54, 1.807) is 0 Å². The molecule has 0 rings (SSSR count). The maximum absolute atomic E-state index is 12.1. The van der Waals surface area contributed by atoms with E-state index in [1.807, 2.05) is 7.05 Å². The molecule has 0 saturated carbocycles. The van der Waals surface area contributed by atoms with Crippen molar-refractivity contribution < 1.29 is 9.90 Å². The summed E-state index contributed by atoms with van der Waals surface area (Å²) in [7, 11) is 1.95. The molecule has 1 amide bonds. The molecule has 0 heterocycles. The smallest absolute Gasteiger partial charge is 0.237 e. The van der Waals surface area contributed by atoms with Crippen LogP contribution in [0.15, 0.2) is 0 Å². The van der Waals surface area contributed by atoms with Gasteiger partial charge in [-0.15, -0.1) is 0 Å². The van der Waals surface area contributed by atoms with Crippen LogP contribution >= 0.6 is 0 Å². The van der Waals surface area contributed by atoms with Crippen LogP contribution in [0.5, 0.6) is 0 Å². The first-order chi connectivity index (χ1) is 10.0. The Morgan fingerprint density at radius 2 is 2.00 bits per heavy atom. The number of hydrogen-bond acceptors (Lipinski definition) is 5. The van der Waals surface area contributed by atoms with Crippen molar-refractivity contribution in [1.82, 2.24) is 16.0 Å². The van der Waals surface area contributed by atoms with Crippen molar-refractivity contribution in [1.29, 1.82) is 0 Å². The predicted molar refractivity (Wildman–Crippen MR) is 87.1 cm³/mol. The molecule has 126 valence electrons. The molecule has 0 aliphatic rings. The minimum absolute atomic E-state index is 0.0340. The van der Waals surface area contributed by atoms with Crippen molar-refractivity contribution in [2.24, 2.45) is 11.7 Å². The van der Waals surface area contributed by atoms with E-state index in [2.05, 4.69) is 29.8 Å². The third kappa shape index (κ3) is 10.6. The number of rotatable bonds is 13. The number of amides is 1. The standard InChI is InChI=1S/C15H34N4O2/c1-12(2)10-13(17-3)11-19-14(6-4-5-7-16)15(21)18-8-9-20/h12-14,17,19-20H,4-11,16H2,1-3H3,(H,18,21)/t13?,14-/m0/s1. The summed E-state index contributed by atoms with van der Waals surface area (Å²) in [4.78, 5) is 12.1. The molecule has 1 unspecified atom stereocenters. The lowest BCUT2D eigenvalue weighted by Gasteiger charge is -2.23. The number of nitrogens with one attached hydrogen (secondary N) is 3. The summed E-state index contributed by atoms with van der Waals surface area (Å²) >= 11 is 0. The summed E-state index contributed by atoms with van der Waals surface area (Å²) in [6, 6.07) is 0.138. The first-order valence-electron chi connectivity index (χ1n) is 8.04. The van der Waals surface area contributed by atoms with Gasteiger partial charge in [0.25, 0.3) is 0 Å². The fourth-order valence-electron chi connectivity index (χ4n) is 2.28. The van der Waals surface area contributed by atoms with Gasteiger partial charge in [0.1, 0.15) is 0 Å². The van der Waals surface area contributed by atoms with Gasteiger partial charge < -0.3 is 26.8 Å². The lowest BCUT2D eigenvalue weighted by molar-refractivity contribution is -0.123. The van der Waals surface area contributed by atoms with Crippen molar-refractivity contribution in [3.05, 3.63) is 0 Å². The molecule has 0 fully saturated rings. The first kappa shape index (κ1) is 20.3. The number of hydrogen-bond donors (Lipinski definition) is 5. The zero-order chi connectivity index (χ0) is 16.1. The van der Waals surface area contributed by atoms with Gasteiger partial charge in [0.2, 0.25) is 5.91 Å². The van der Waals surface area contributed by atoms with E-state index in [0.717, 1.165) is 32.2 Å². The number of aliphatic hydroxyl groups is 1. The minimum Gasteiger partial charge on any atom is -0.395 e. The highest BCUT2D eigenvalue weighted by molar-refractivity contribution is 5.81. The number of nitrogens with two attached hydrogens (primary N) is 1. The summed E-state index contributed by atoms with van der Waals surface area (Å²) in [5, 5.41) is 18.2. The topological polar surface area (TPSA) is 99.4 Å². The second-order valence-corrected chi connectivity index (χ2v) is 5.88. The summed E-state index contributed by atoms with van der Waals surface area (Å²) < 4.78 is 0. The number of carbonyl (C=O) groups excluding carboxylic acids is 1. The Morgan fingerprint density at radius 3 is 2.52 bits per heavy atom. The molecule has 0 aromatic rings. The average Bonchev–Trinajstić information content (AvgIpc) is 2.46. The van der Waals surface area contributed by atoms with Crippen LogP contribution in [0.2, 0.25) is 0 Å². The van der Waals surface area contributed by atoms with Gasteiger partial charge in [0.05, 0.1) is 12.6 Å². The van der Waals surface area contributed by atoms with E-state index in [9.17, 15) is 4.79 Å². The van der Waals surface area contributed by atoms with E-state index in [4.69, 9.17) is 10.8 Å². The van der Waals surface area contributed by atoms with E-state index in [-0.39, 0.29) is 18.6 Å². The Balaban J connectivity index is 4.32. The van der Waals surface area contributed by atoms with Crippen molar-refractivity contribution >= 4 is 5.91 Å². The van der Waals surface area contributed by atoms with Gasteiger partial charge in [0.15, 0.2) is 0 Å². The van der Waals surface area contributed by atoms with Crippen molar-refractivity contribution in [3.8, 4) is 0 Å². The van der Waals surface area contributed by atoms with Crippen molar-refractivity contribution in [2.75, 3.05) is 33.3 Å². The maximum atomic E-state index is 12.1. The van der Waals surface area contributed by atoms with Crippen LogP contribution in [0.25, 0.3) is 0 Å². The molecular weight excluding hydrogens is 268 g/mol. The lowest BCUT2D eigenvalue weighted by atomic mass is 10.0. The quantitative estimate of drug-likeness (QED) is 0.304. The Hall–Kier alpha value is -0.690. The summed E-state index contributed by atoms with van der Waals surface area (Å²) in [6.45, 7) is 6.06. The molecule has 0 aliphatic carbocycles. The van der Waals surface area contributed by atoms with E-state index in [1.165, 1.54) is 0 Å². The maximum Gasteiger partial charge on any atom is 0.237 e. The van der Waals surface area contributed by atoms with Crippen LogP contribution in [0.1, 0.15) is 39.5 Å². The Kier molecular flexibility index (Phi) is 12.6. The van der Waals surface area contributed by atoms with Crippen LogP contribution in [-0.2, 0) is 4.79 Å². The monoisotopic (exact) mass is 302 g/mol. The Labute approximate surface area is 129 Å². The highest BCUT2D eigenvalue weighted by atomic mass is 16.3. The molecular formula is C15H34N4O2. The number of likely N-dealkylation sites (N-methyl/N-ethyl adjacent to an activating group) is 1. The highest BCUT2D eigenvalue weighted by Crippen LogP contribution is 2.05. The molecule has 0 spiro atoms. The van der Waals surface area contributed by atoms with Crippen LogP contribution < -0.4 is 21.7 Å². The van der Waals surface area contributed by atoms with Crippen molar-refractivity contribution in [3.63, 3.8) is 0 Å². The van der Waals surface area contributed by atoms with Crippen LogP contribution in [0.3, 0.4) is 0 Å². The van der Waals surface area contributed by atoms with Gasteiger partial charge in [-0.2, -0.15) is 0 Å². The van der Waals surface area contributed by atoms with E-state index in [0.29, 0.717) is 25.0 Å². The molecule has 0 aliphatic heterocycles. The SMILES string of the molecule is CNC(CN[C@@H](CCCCN)C(=O)NCCO)CC(C)C. The van der Waals surface area contributed by atoms with E-state index >= 15 is 0 Å². The van der Waals surface area contributed by atoms with Crippen molar-refractivity contribution in [2.45, 2.75) is 51.6 Å². The molecule has 21 heavy (non-hydrogen) atoms. The van der Waals surface area contributed by atoms with Gasteiger partial charge in [-0.05, 0) is 38.8 Å². The Morgan fingerprint density at radius 1 is 1.29 bits per heavy atom. The molecule has 6 nitrogen and oxygen atoms in total. The molecule has 0 radical (unpaired) electrons. The Bertz CT molecular complexity index is 262. The fraction of sp³-hybridized carbons (Fsp3) is 0.933. The van der Waals surface area contributed by atoms with E-state index < -0.39 is 0 Å². The fourth-order valence-corrected chi connectivity index (χ4v) is 2.28. The van der Waals surface area contributed by atoms with Gasteiger partial charge in [0, 0.05) is 19.1 Å². The van der Waals surface area contributed by atoms with Gasteiger partial charge >= 0.3 is 0 Å². The molecule has 0 saturated heterocycles. The van der Waals surface area contributed by atoms with Crippen LogP contribution in [0.4, 0.5) is 0 Å². The number of aliphatic hydroxyl groups excluding tert-OH is 1. The molecule has 2 atom stereocenters.